The van der Waals surface area contributed by atoms with E-state index >= 15 is 0 Å². The number of aryl methyl sites for hydroxylation is 1. The lowest BCUT2D eigenvalue weighted by Gasteiger charge is -2.30. The van der Waals surface area contributed by atoms with E-state index in [1.807, 2.05) is 6.92 Å². The Hall–Kier alpha value is -3.20. The van der Waals surface area contributed by atoms with Gasteiger partial charge < -0.3 is 10.2 Å². The van der Waals surface area contributed by atoms with Crippen molar-refractivity contribution >= 4 is 29.0 Å². The molecule has 1 atom stereocenters. The zero-order valence-electron chi connectivity index (χ0n) is 17.0. The van der Waals surface area contributed by atoms with E-state index in [1.54, 1.807) is 41.3 Å². The highest BCUT2D eigenvalue weighted by atomic mass is 35.5. The first-order chi connectivity index (χ1) is 15.2. The van der Waals surface area contributed by atoms with Gasteiger partial charge in [0, 0.05) is 23.3 Å². The summed E-state index contributed by atoms with van der Waals surface area (Å²) in [6.45, 7) is 2.34. The van der Waals surface area contributed by atoms with Crippen LogP contribution in [0, 0.1) is 0 Å². The highest BCUT2D eigenvalue weighted by Gasteiger charge is 2.35. The minimum atomic E-state index is -4.62. The Bertz CT molecular complexity index is 1140. The minimum absolute atomic E-state index is 0.173. The molecule has 1 aromatic carbocycles. The molecule has 0 saturated carbocycles. The SMILES string of the molecule is CC(NC(=O)c1ccc(Cl)cc1)c1ccc2c(n1)CCCN2c1ccnc(C(F)(F)F)n1. The highest BCUT2D eigenvalue weighted by molar-refractivity contribution is 6.30. The number of carbonyl (C=O) groups excluding carboxylic acids is 1. The first kappa shape index (κ1) is 22.0. The number of pyridine rings is 1. The second-order valence-corrected chi connectivity index (χ2v) is 7.83. The first-order valence-corrected chi connectivity index (χ1v) is 10.3. The first-order valence-electron chi connectivity index (χ1n) is 9.96. The maximum absolute atomic E-state index is 13.0. The Morgan fingerprint density at radius 1 is 1.12 bits per heavy atom. The number of nitrogens with one attached hydrogen (secondary N) is 1. The molecule has 1 amide bonds. The van der Waals surface area contributed by atoms with Gasteiger partial charge in [-0.25, -0.2) is 9.97 Å². The number of alkyl halides is 3. The fraction of sp³-hybridized carbons (Fsp3) is 0.273. The van der Waals surface area contributed by atoms with Crippen LogP contribution >= 0.6 is 11.6 Å². The summed E-state index contributed by atoms with van der Waals surface area (Å²) in [7, 11) is 0. The van der Waals surface area contributed by atoms with Crippen molar-refractivity contribution in [2.24, 2.45) is 0 Å². The fourth-order valence-electron chi connectivity index (χ4n) is 3.54. The van der Waals surface area contributed by atoms with Crippen LogP contribution < -0.4 is 10.2 Å². The van der Waals surface area contributed by atoms with Gasteiger partial charge >= 0.3 is 6.18 Å². The number of halogens is 4. The van der Waals surface area contributed by atoms with Crippen molar-refractivity contribution in [1.82, 2.24) is 20.3 Å². The Morgan fingerprint density at radius 3 is 2.59 bits per heavy atom. The van der Waals surface area contributed by atoms with Gasteiger partial charge in [-0.3, -0.25) is 9.78 Å². The van der Waals surface area contributed by atoms with Crippen LogP contribution in [0.3, 0.4) is 0 Å². The quantitative estimate of drug-likeness (QED) is 0.584. The van der Waals surface area contributed by atoms with Crippen molar-refractivity contribution in [2.75, 3.05) is 11.4 Å². The van der Waals surface area contributed by atoms with E-state index in [0.717, 1.165) is 11.9 Å². The molecule has 0 radical (unpaired) electrons. The number of hydrogen-bond donors (Lipinski definition) is 1. The zero-order valence-corrected chi connectivity index (χ0v) is 17.8. The Balaban J connectivity index is 1.55. The smallest absolute Gasteiger partial charge is 0.344 e. The number of amides is 1. The molecule has 4 rings (SSSR count). The molecular formula is C22H19ClF3N5O. The summed E-state index contributed by atoms with van der Waals surface area (Å²) in [6.07, 6.45) is -2.13. The number of nitrogens with zero attached hydrogens (tertiary/aromatic N) is 4. The maximum atomic E-state index is 13.0. The monoisotopic (exact) mass is 461 g/mol. The van der Waals surface area contributed by atoms with E-state index in [-0.39, 0.29) is 17.8 Å². The summed E-state index contributed by atoms with van der Waals surface area (Å²) in [6, 6.07) is 11.2. The van der Waals surface area contributed by atoms with E-state index in [4.69, 9.17) is 11.6 Å². The predicted octanol–water partition coefficient (Wildman–Crippen LogP) is 5.12. The number of benzene rings is 1. The van der Waals surface area contributed by atoms with Crippen LogP contribution in [0.1, 0.15) is 47.0 Å². The van der Waals surface area contributed by atoms with Gasteiger partial charge in [0.25, 0.3) is 5.91 Å². The molecule has 0 fully saturated rings. The molecular weight excluding hydrogens is 443 g/mol. The summed E-state index contributed by atoms with van der Waals surface area (Å²) >= 11 is 5.86. The third-order valence-corrected chi connectivity index (χ3v) is 5.38. The molecule has 0 spiro atoms. The summed E-state index contributed by atoms with van der Waals surface area (Å²) in [4.78, 5) is 25.9. The zero-order chi connectivity index (χ0) is 22.9. The second-order valence-electron chi connectivity index (χ2n) is 7.40. The summed E-state index contributed by atoms with van der Waals surface area (Å²) in [5.41, 5.74) is 2.58. The number of anilines is 2. The van der Waals surface area contributed by atoms with Crippen LogP contribution in [-0.2, 0) is 12.6 Å². The average Bonchev–Trinajstić information content (AvgIpc) is 2.78. The highest BCUT2D eigenvalue weighted by Crippen LogP contribution is 2.34. The number of aromatic nitrogens is 3. The molecule has 3 aromatic rings. The number of hydrogen-bond acceptors (Lipinski definition) is 5. The van der Waals surface area contributed by atoms with E-state index < -0.39 is 12.0 Å². The molecule has 166 valence electrons. The van der Waals surface area contributed by atoms with E-state index in [2.05, 4.69) is 20.3 Å². The second kappa shape index (κ2) is 8.74. The van der Waals surface area contributed by atoms with E-state index in [9.17, 15) is 18.0 Å². The van der Waals surface area contributed by atoms with Gasteiger partial charge in [-0.05, 0) is 62.2 Å². The van der Waals surface area contributed by atoms with Crippen molar-refractivity contribution in [3.8, 4) is 0 Å². The summed E-state index contributed by atoms with van der Waals surface area (Å²) in [5, 5.41) is 3.45. The predicted molar refractivity (Wildman–Crippen MR) is 114 cm³/mol. The molecule has 6 nitrogen and oxygen atoms in total. The van der Waals surface area contributed by atoms with Crippen LogP contribution in [0.25, 0.3) is 0 Å². The van der Waals surface area contributed by atoms with E-state index in [1.165, 1.54) is 6.07 Å². The van der Waals surface area contributed by atoms with E-state index in [0.29, 0.717) is 41.4 Å². The van der Waals surface area contributed by atoms with Crippen LogP contribution in [0.15, 0.2) is 48.7 Å². The van der Waals surface area contributed by atoms with Crippen molar-refractivity contribution in [2.45, 2.75) is 32.0 Å². The largest absolute Gasteiger partial charge is 0.451 e. The molecule has 3 heterocycles. The van der Waals surface area contributed by atoms with Gasteiger partial charge in [-0.1, -0.05) is 11.6 Å². The Kier molecular flexibility index (Phi) is 6.01. The fourth-order valence-corrected chi connectivity index (χ4v) is 3.66. The Morgan fingerprint density at radius 2 is 1.88 bits per heavy atom. The summed E-state index contributed by atoms with van der Waals surface area (Å²) in [5.74, 6) is -1.26. The Labute approximate surface area is 187 Å². The van der Waals surface area contributed by atoms with Crippen molar-refractivity contribution < 1.29 is 18.0 Å². The molecule has 32 heavy (non-hydrogen) atoms. The van der Waals surface area contributed by atoms with Gasteiger partial charge in [0.05, 0.1) is 23.1 Å². The molecule has 1 aliphatic rings. The van der Waals surface area contributed by atoms with Crippen LogP contribution in [0.4, 0.5) is 24.7 Å². The molecule has 2 aromatic heterocycles. The minimum Gasteiger partial charge on any atom is -0.344 e. The van der Waals surface area contributed by atoms with Crippen LogP contribution in [0.2, 0.25) is 5.02 Å². The molecule has 0 saturated heterocycles. The van der Waals surface area contributed by atoms with Crippen LogP contribution in [0.5, 0.6) is 0 Å². The molecule has 10 heteroatoms. The molecule has 1 aliphatic heterocycles. The average molecular weight is 462 g/mol. The molecule has 1 N–H and O–H groups in total. The summed E-state index contributed by atoms with van der Waals surface area (Å²) < 4.78 is 39.1. The van der Waals surface area contributed by atoms with Gasteiger partial charge in [-0.15, -0.1) is 0 Å². The molecule has 1 unspecified atom stereocenters. The number of rotatable bonds is 4. The molecule has 0 bridgehead atoms. The lowest BCUT2D eigenvalue weighted by atomic mass is 10.1. The van der Waals surface area contributed by atoms with Crippen molar-refractivity contribution in [3.63, 3.8) is 0 Å². The third-order valence-electron chi connectivity index (χ3n) is 5.13. The topological polar surface area (TPSA) is 71.0 Å². The van der Waals surface area contributed by atoms with Crippen LogP contribution in [-0.4, -0.2) is 27.4 Å². The number of fused-ring (bicyclic) bond motifs is 1. The van der Waals surface area contributed by atoms with Gasteiger partial charge in [0.15, 0.2) is 0 Å². The van der Waals surface area contributed by atoms with Gasteiger partial charge in [0.2, 0.25) is 5.82 Å². The maximum Gasteiger partial charge on any atom is 0.451 e. The van der Waals surface area contributed by atoms with Crippen molar-refractivity contribution in [1.29, 1.82) is 0 Å². The van der Waals surface area contributed by atoms with Gasteiger partial charge in [-0.2, -0.15) is 13.2 Å². The normalized spacial score (nSPS) is 14.6. The third kappa shape index (κ3) is 4.67. The lowest BCUT2D eigenvalue weighted by Crippen LogP contribution is -2.29. The molecule has 0 aliphatic carbocycles. The lowest BCUT2D eigenvalue weighted by molar-refractivity contribution is -0.144. The standard InChI is InChI=1S/C22H19ClF3N5O/c1-13(28-20(32)14-4-6-15(23)7-5-14)16-8-9-18-17(29-16)3-2-12-31(18)19-10-11-27-21(30-19)22(24,25)26/h4-11,13H,2-3,12H2,1H3,(H,28,32). The number of carbonyl (C=O) groups is 1. The van der Waals surface area contributed by atoms with Crippen molar-refractivity contribution in [3.05, 3.63) is 76.5 Å². The van der Waals surface area contributed by atoms with Gasteiger partial charge in [0.1, 0.15) is 5.82 Å².